The third kappa shape index (κ3) is 1.59. The number of allylic oxidation sites excluding steroid dienone is 2. The lowest BCUT2D eigenvalue weighted by atomic mass is 9.70. The summed E-state index contributed by atoms with van der Waals surface area (Å²) in [6, 6.07) is 0. The molecule has 0 aromatic rings. The Balaban J connectivity index is 3.09. The van der Waals surface area contributed by atoms with Gasteiger partial charge < -0.3 is 11.5 Å². The van der Waals surface area contributed by atoms with Gasteiger partial charge in [-0.1, -0.05) is 26.8 Å². The van der Waals surface area contributed by atoms with E-state index in [-0.39, 0.29) is 5.54 Å². The molecular weight excluding hydrogens is 172 g/mol. The third-order valence-electron chi connectivity index (χ3n) is 3.47. The van der Waals surface area contributed by atoms with Crippen LogP contribution in [-0.2, 0) is 0 Å². The number of hydrogen-bond acceptors (Lipinski definition) is 2. The summed E-state index contributed by atoms with van der Waals surface area (Å²) < 4.78 is 0. The molecule has 1 rings (SSSR count). The maximum Gasteiger partial charge on any atom is 0.0452 e. The highest BCUT2D eigenvalue weighted by Crippen LogP contribution is 2.37. The zero-order chi connectivity index (χ0) is 10.8. The molecule has 80 valence electrons. The Hall–Kier alpha value is -0.760. The van der Waals surface area contributed by atoms with Crippen LogP contribution in [0.1, 0.15) is 40.0 Å². The molecule has 0 aromatic carbocycles. The molecule has 0 heterocycles. The van der Waals surface area contributed by atoms with E-state index < -0.39 is 0 Å². The van der Waals surface area contributed by atoms with Crippen molar-refractivity contribution in [2.75, 3.05) is 0 Å². The van der Waals surface area contributed by atoms with Crippen LogP contribution in [0.25, 0.3) is 0 Å². The fraction of sp³-hybridized carbons (Fsp3) is 0.667. The van der Waals surface area contributed by atoms with Gasteiger partial charge in [-0.15, -0.1) is 0 Å². The first-order valence-corrected chi connectivity index (χ1v) is 5.55. The van der Waals surface area contributed by atoms with Crippen LogP contribution in [0.5, 0.6) is 0 Å². The van der Waals surface area contributed by atoms with Crippen LogP contribution < -0.4 is 11.5 Å². The van der Waals surface area contributed by atoms with Crippen molar-refractivity contribution in [3.05, 3.63) is 23.4 Å². The Kier molecular flexibility index (Phi) is 3.38. The number of rotatable bonds is 3. The first-order valence-electron chi connectivity index (χ1n) is 5.55. The molecule has 1 aliphatic rings. The fourth-order valence-corrected chi connectivity index (χ4v) is 2.51. The zero-order valence-electron chi connectivity index (χ0n) is 9.51. The van der Waals surface area contributed by atoms with Crippen LogP contribution in [0.15, 0.2) is 23.4 Å². The Morgan fingerprint density at radius 3 is 2.36 bits per heavy atom. The Bertz CT molecular complexity index is 265. The Morgan fingerprint density at radius 2 is 1.93 bits per heavy atom. The summed E-state index contributed by atoms with van der Waals surface area (Å²) in [5.74, 6) is 0.312. The maximum absolute atomic E-state index is 6.47. The van der Waals surface area contributed by atoms with E-state index in [9.17, 15) is 0 Å². The third-order valence-corrected chi connectivity index (χ3v) is 3.47. The molecule has 1 aliphatic carbocycles. The predicted molar refractivity (Wildman–Crippen MR) is 61.6 cm³/mol. The van der Waals surface area contributed by atoms with Crippen LogP contribution in [0.4, 0.5) is 0 Å². The molecule has 2 nitrogen and oxygen atoms in total. The van der Waals surface area contributed by atoms with Gasteiger partial charge in [0, 0.05) is 17.2 Å². The molecule has 0 aliphatic heterocycles. The molecular formula is C12H22N2. The molecule has 2 unspecified atom stereocenters. The largest absolute Gasteiger partial charge is 0.402 e. The summed E-state index contributed by atoms with van der Waals surface area (Å²) in [4.78, 5) is 0. The van der Waals surface area contributed by atoms with Crippen molar-refractivity contribution < 1.29 is 0 Å². The molecule has 0 fully saturated rings. The van der Waals surface area contributed by atoms with Crippen molar-refractivity contribution in [1.82, 2.24) is 0 Å². The van der Waals surface area contributed by atoms with Gasteiger partial charge in [0.1, 0.15) is 0 Å². The summed E-state index contributed by atoms with van der Waals surface area (Å²) in [7, 11) is 0. The van der Waals surface area contributed by atoms with E-state index in [0.29, 0.717) is 5.92 Å². The lowest BCUT2D eigenvalue weighted by Gasteiger charge is -2.41. The summed E-state index contributed by atoms with van der Waals surface area (Å²) in [6.45, 7) is 6.46. The minimum Gasteiger partial charge on any atom is -0.402 e. The van der Waals surface area contributed by atoms with E-state index in [1.165, 1.54) is 5.57 Å². The molecule has 0 aromatic heterocycles. The van der Waals surface area contributed by atoms with Crippen LogP contribution in [-0.4, -0.2) is 5.54 Å². The van der Waals surface area contributed by atoms with Gasteiger partial charge in [-0.05, 0) is 30.9 Å². The van der Waals surface area contributed by atoms with Crippen molar-refractivity contribution in [3.8, 4) is 0 Å². The summed E-state index contributed by atoms with van der Waals surface area (Å²) in [6.07, 6.45) is 7.12. The van der Waals surface area contributed by atoms with Gasteiger partial charge in [0.05, 0.1) is 0 Å². The first-order chi connectivity index (χ1) is 6.60. The summed E-state index contributed by atoms with van der Waals surface area (Å²) in [5, 5.41) is 0. The van der Waals surface area contributed by atoms with E-state index in [4.69, 9.17) is 11.5 Å². The van der Waals surface area contributed by atoms with Crippen LogP contribution in [0.3, 0.4) is 0 Å². The van der Waals surface area contributed by atoms with Gasteiger partial charge >= 0.3 is 0 Å². The van der Waals surface area contributed by atoms with Gasteiger partial charge in [-0.2, -0.15) is 0 Å². The lowest BCUT2D eigenvalue weighted by Crippen LogP contribution is -2.51. The standard InChI is InChI=1S/C12H22N2/c1-4-9-7-8-11(13)10(5-2)12(9,14)6-3/h7-8,10H,4-6,13-14H2,1-3H3. The fourth-order valence-electron chi connectivity index (χ4n) is 2.51. The second-order valence-electron chi connectivity index (χ2n) is 4.07. The molecule has 0 saturated carbocycles. The highest BCUT2D eigenvalue weighted by molar-refractivity contribution is 5.35. The second-order valence-corrected chi connectivity index (χ2v) is 4.07. The van der Waals surface area contributed by atoms with Crippen molar-refractivity contribution in [3.63, 3.8) is 0 Å². The Labute approximate surface area is 87.0 Å². The first kappa shape index (κ1) is 11.3. The number of hydrogen-bond donors (Lipinski definition) is 2. The molecule has 0 amide bonds. The highest BCUT2D eigenvalue weighted by atomic mass is 14.8. The van der Waals surface area contributed by atoms with E-state index in [2.05, 4.69) is 26.8 Å². The summed E-state index contributed by atoms with van der Waals surface area (Å²) >= 11 is 0. The van der Waals surface area contributed by atoms with Crippen LogP contribution >= 0.6 is 0 Å². The van der Waals surface area contributed by atoms with Crippen LogP contribution in [0, 0.1) is 5.92 Å². The van der Waals surface area contributed by atoms with Crippen molar-refractivity contribution in [2.24, 2.45) is 17.4 Å². The average molecular weight is 194 g/mol. The van der Waals surface area contributed by atoms with Crippen molar-refractivity contribution >= 4 is 0 Å². The molecule has 14 heavy (non-hydrogen) atoms. The topological polar surface area (TPSA) is 52.0 Å². The lowest BCUT2D eigenvalue weighted by molar-refractivity contribution is 0.324. The molecule has 2 heteroatoms. The summed E-state index contributed by atoms with van der Waals surface area (Å²) in [5.41, 5.74) is 14.5. The van der Waals surface area contributed by atoms with Crippen molar-refractivity contribution in [1.29, 1.82) is 0 Å². The van der Waals surface area contributed by atoms with E-state index in [0.717, 1.165) is 25.0 Å². The minimum atomic E-state index is -0.206. The van der Waals surface area contributed by atoms with Gasteiger partial charge in [-0.3, -0.25) is 0 Å². The van der Waals surface area contributed by atoms with Gasteiger partial charge in [0.25, 0.3) is 0 Å². The Morgan fingerprint density at radius 1 is 1.29 bits per heavy atom. The van der Waals surface area contributed by atoms with Gasteiger partial charge in [-0.25, -0.2) is 0 Å². The van der Waals surface area contributed by atoms with E-state index >= 15 is 0 Å². The monoisotopic (exact) mass is 194 g/mol. The molecule has 0 radical (unpaired) electrons. The normalized spacial score (nSPS) is 32.4. The zero-order valence-corrected chi connectivity index (χ0v) is 9.51. The molecule has 0 bridgehead atoms. The maximum atomic E-state index is 6.47. The molecule has 4 N–H and O–H groups in total. The van der Waals surface area contributed by atoms with E-state index in [1.54, 1.807) is 0 Å². The molecule has 0 spiro atoms. The molecule has 2 atom stereocenters. The minimum absolute atomic E-state index is 0.206. The number of nitrogens with two attached hydrogens (primary N) is 2. The smallest absolute Gasteiger partial charge is 0.0452 e. The van der Waals surface area contributed by atoms with Crippen LogP contribution in [0.2, 0.25) is 0 Å². The quantitative estimate of drug-likeness (QED) is 0.724. The van der Waals surface area contributed by atoms with Gasteiger partial charge in [0.2, 0.25) is 0 Å². The average Bonchev–Trinajstić information content (AvgIpc) is 2.18. The second kappa shape index (κ2) is 4.18. The van der Waals surface area contributed by atoms with Crippen molar-refractivity contribution in [2.45, 2.75) is 45.6 Å². The predicted octanol–water partition coefficient (Wildman–Crippen LogP) is 2.31. The highest BCUT2D eigenvalue weighted by Gasteiger charge is 2.37. The SMILES string of the molecule is CCC1=CC=C(N)C(CC)C1(N)CC. The molecule has 0 saturated heterocycles. The van der Waals surface area contributed by atoms with E-state index in [1.807, 2.05) is 6.08 Å². The van der Waals surface area contributed by atoms with Gasteiger partial charge in [0.15, 0.2) is 0 Å².